The first-order valence-electron chi connectivity index (χ1n) is 11.4. The SMILES string of the molecule is O=C(Cn1c(=O)oc2cc(S(=O)(=O)N3CCCCCC3)ccc21)NC1CCCCCC1. The maximum atomic E-state index is 13.0. The van der Waals surface area contributed by atoms with Crippen molar-refractivity contribution >= 4 is 27.0 Å². The minimum atomic E-state index is -3.64. The molecule has 1 aromatic heterocycles. The standard InChI is InChI=1S/C22H31N3O5S/c26-21(23-17-9-5-1-2-6-10-17)16-25-19-12-11-18(15-20(19)30-22(25)27)31(28,29)24-13-7-3-4-8-14-24/h11-12,15,17H,1-10,13-14,16H2,(H,23,26). The number of hydrogen-bond donors (Lipinski definition) is 1. The lowest BCUT2D eigenvalue weighted by molar-refractivity contribution is -0.122. The molecule has 9 heteroatoms. The molecule has 31 heavy (non-hydrogen) atoms. The van der Waals surface area contributed by atoms with Gasteiger partial charge in [0.2, 0.25) is 15.9 Å². The number of fused-ring (bicyclic) bond motifs is 1. The molecule has 170 valence electrons. The quantitative estimate of drug-likeness (QED) is 0.707. The smallest absolute Gasteiger partial charge is 0.408 e. The van der Waals surface area contributed by atoms with Crippen LogP contribution in [-0.4, -0.2) is 42.3 Å². The second-order valence-electron chi connectivity index (χ2n) is 8.66. The highest BCUT2D eigenvalue weighted by Crippen LogP contribution is 2.24. The molecule has 0 radical (unpaired) electrons. The van der Waals surface area contributed by atoms with Crippen LogP contribution in [0.5, 0.6) is 0 Å². The molecule has 2 fully saturated rings. The van der Waals surface area contributed by atoms with Crippen LogP contribution >= 0.6 is 0 Å². The first-order valence-corrected chi connectivity index (χ1v) is 12.8. The summed E-state index contributed by atoms with van der Waals surface area (Å²) >= 11 is 0. The van der Waals surface area contributed by atoms with Crippen LogP contribution in [0.15, 0.2) is 32.3 Å². The Labute approximate surface area is 182 Å². The fourth-order valence-electron chi connectivity index (χ4n) is 4.63. The number of hydrogen-bond acceptors (Lipinski definition) is 5. The number of sulfonamides is 1. The molecule has 2 aromatic rings. The Kier molecular flexibility index (Phi) is 6.81. The lowest BCUT2D eigenvalue weighted by Gasteiger charge is -2.19. The van der Waals surface area contributed by atoms with Crippen molar-refractivity contribution in [1.29, 1.82) is 0 Å². The van der Waals surface area contributed by atoms with E-state index < -0.39 is 15.8 Å². The molecule has 1 amide bonds. The van der Waals surface area contributed by atoms with Gasteiger partial charge < -0.3 is 9.73 Å². The van der Waals surface area contributed by atoms with Gasteiger partial charge in [-0.3, -0.25) is 9.36 Å². The number of nitrogens with one attached hydrogen (secondary N) is 1. The van der Waals surface area contributed by atoms with Gasteiger partial charge in [0, 0.05) is 25.2 Å². The van der Waals surface area contributed by atoms with Crippen LogP contribution in [0.4, 0.5) is 0 Å². The van der Waals surface area contributed by atoms with Crippen LogP contribution in [0.3, 0.4) is 0 Å². The molecule has 2 heterocycles. The van der Waals surface area contributed by atoms with Gasteiger partial charge in [-0.2, -0.15) is 4.31 Å². The number of amides is 1. The van der Waals surface area contributed by atoms with Crippen molar-refractivity contribution in [2.75, 3.05) is 13.1 Å². The van der Waals surface area contributed by atoms with Crippen LogP contribution in [0, 0.1) is 0 Å². The summed E-state index contributed by atoms with van der Waals surface area (Å²) in [7, 11) is -3.64. The topological polar surface area (TPSA) is 102 Å². The molecule has 1 N–H and O–H groups in total. The summed E-state index contributed by atoms with van der Waals surface area (Å²) in [5.74, 6) is -0.881. The van der Waals surface area contributed by atoms with Gasteiger partial charge in [0.15, 0.2) is 5.58 Å². The zero-order chi connectivity index (χ0) is 21.8. The van der Waals surface area contributed by atoms with Gasteiger partial charge in [-0.1, -0.05) is 38.5 Å². The highest BCUT2D eigenvalue weighted by atomic mass is 32.2. The number of aromatic nitrogens is 1. The van der Waals surface area contributed by atoms with E-state index in [2.05, 4.69) is 5.32 Å². The fraction of sp³-hybridized carbons (Fsp3) is 0.636. The molecular weight excluding hydrogens is 418 g/mol. The number of rotatable bonds is 5. The van der Waals surface area contributed by atoms with E-state index in [1.54, 1.807) is 6.07 Å². The molecule has 1 aliphatic carbocycles. The van der Waals surface area contributed by atoms with Crippen molar-refractivity contribution in [2.45, 2.75) is 81.7 Å². The summed E-state index contributed by atoms with van der Waals surface area (Å²) in [6.07, 6.45) is 10.3. The van der Waals surface area contributed by atoms with E-state index in [9.17, 15) is 18.0 Å². The van der Waals surface area contributed by atoms with Crippen molar-refractivity contribution in [1.82, 2.24) is 14.2 Å². The second-order valence-corrected chi connectivity index (χ2v) is 10.6. The molecule has 0 spiro atoms. The summed E-state index contributed by atoms with van der Waals surface area (Å²) in [6, 6.07) is 4.60. The Bertz CT molecular complexity index is 1070. The summed E-state index contributed by atoms with van der Waals surface area (Å²) in [6.45, 7) is 0.875. The average molecular weight is 450 g/mol. The molecule has 4 rings (SSSR count). The van der Waals surface area contributed by atoms with Gasteiger partial charge in [-0.05, 0) is 37.8 Å². The van der Waals surface area contributed by atoms with E-state index in [1.165, 1.54) is 33.8 Å². The minimum Gasteiger partial charge on any atom is -0.408 e. The van der Waals surface area contributed by atoms with Gasteiger partial charge in [0.25, 0.3) is 0 Å². The Hall–Kier alpha value is -2.13. The fourth-order valence-corrected chi connectivity index (χ4v) is 6.16. The monoisotopic (exact) mass is 449 g/mol. The third-order valence-corrected chi connectivity index (χ3v) is 8.26. The zero-order valence-electron chi connectivity index (χ0n) is 17.8. The summed E-state index contributed by atoms with van der Waals surface area (Å²) < 4.78 is 34.2. The lowest BCUT2D eigenvalue weighted by atomic mass is 10.1. The predicted molar refractivity (Wildman–Crippen MR) is 117 cm³/mol. The third-order valence-electron chi connectivity index (χ3n) is 6.36. The molecule has 1 aliphatic heterocycles. The van der Waals surface area contributed by atoms with E-state index in [0.29, 0.717) is 18.6 Å². The first-order chi connectivity index (χ1) is 14.9. The van der Waals surface area contributed by atoms with Gasteiger partial charge in [-0.25, -0.2) is 13.2 Å². The van der Waals surface area contributed by atoms with E-state index in [4.69, 9.17) is 4.42 Å². The van der Waals surface area contributed by atoms with Crippen LogP contribution in [0.2, 0.25) is 0 Å². The number of nitrogens with zero attached hydrogens (tertiary/aromatic N) is 2. The molecule has 0 atom stereocenters. The molecule has 8 nitrogen and oxygen atoms in total. The Balaban J connectivity index is 1.53. The van der Waals surface area contributed by atoms with Gasteiger partial charge >= 0.3 is 5.76 Å². The molecule has 1 saturated carbocycles. The highest BCUT2D eigenvalue weighted by molar-refractivity contribution is 7.89. The predicted octanol–water partition coefficient (Wildman–Crippen LogP) is 3.00. The van der Waals surface area contributed by atoms with Crippen molar-refractivity contribution in [3.05, 3.63) is 28.7 Å². The highest BCUT2D eigenvalue weighted by Gasteiger charge is 2.26. The second kappa shape index (κ2) is 9.56. The molecule has 0 bridgehead atoms. The largest absolute Gasteiger partial charge is 0.420 e. The first kappa shape index (κ1) is 22.1. The maximum absolute atomic E-state index is 13.0. The Morgan fingerprint density at radius 2 is 1.65 bits per heavy atom. The molecule has 1 aromatic carbocycles. The van der Waals surface area contributed by atoms with E-state index >= 15 is 0 Å². The molecule has 2 aliphatic rings. The summed E-state index contributed by atoms with van der Waals surface area (Å²) in [4.78, 5) is 25.0. The van der Waals surface area contributed by atoms with Crippen LogP contribution < -0.4 is 11.1 Å². The Morgan fingerprint density at radius 3 is 2.32 bits per heavy atom. The molecular formula is C22H31N3O5S. The Morgan fingerprint density at radius 1 is 1.00 bits per heavy atom. The van der Waals surface area contributed by atoms with E-state index in [0.717, 1.165) is 51.4 Å². The minimum absolute atomic E-state index is 0.116. The number of carbonyl (C=O) groups excluding carboxylic acids is 1. The van der Waals surface area contributed by atoms with Gasteiger partial charge in [0.1, 0.15) is 6.54 Å². The van der Waals surface area contributed by atoms with E-state index in [1.807, 2.05) is 0 Å². The third kappa shape index (κ3) is 5.03. The van der Waals surface area contributed by atoms with E-state index in [-0.39, 0.29) is 29.0 Å². The summed E-state index contributed by atoms with van der Waals surface area (Å²) in [5, 5.41) is 3.03. The summed E-state index contributed by atoms with van der Waals surface area (Å²) in [5.41, 5.74) is 0.610. The van der Waals surface area contributed by atoms with Crippen molar-refractivity contribution < 1.29 is 17.6 Å². The van der Waals surface area contributed by atoms with Crippen LogP contribution in [0.25, 0.3) is 11.1 Å². The number of benzene rings is 1. The van der Waals surface area contributed by atoms with Crippen molar-refractivity contribution in [3.63, 3.8) is 0 Å². The van der Waals surface area contributed by atoms with Gasteiger partial charge in [-0.15, -0.1) is 0 Å². The molecule has 0 unspecified atom stereocenters. The number of carbonyl (C=O) groups is 1. The van der Waals surface area contributed by atoms with Crippen molar-refractivity contribution in [2.24, 2.45) is 0 Å². The van der Waals surface area contributed by atoms with Gasteiger partial charge in [0.05, 0.1) is 10.4 Å². The van der Waals surface area contributed by atoms with Crippen LogP contribution in [0.1, 0.15) is 64.2 Å². The maximum Gasteiger partial charge on any atom is 0.420 e. The molecule has 1 saturated heterocycles. The van der Waals surface area contributed by atoms with Crippen molar-refractivity contribution in [3.8, 4) is 0 Å². The normalized spacial score (nSPS) is 19.7. The number of oxazole rings is 1. The van der Waals surface area contributed by atoms with Crippen LogP contribution in [-0.2, 0) is 21.4 Å². The lowest BCUT2D eigenvalue weighted by Crippen LogP contribution is -2.38. The zero-order valence-corrected chi connectivity index (χ0v) is 18.7. The average Bonchev–Trinajstić information content (AvgIpc) is 3.02.